The molecule has 7 heteroatoms. The molecule has 0 radical (unpaired) electrons. The van der Waals surface area contributed by atoms with Crippen LogP contribution in [0.1, 0.15) is 28.6 Å². The van der Waals surface area contributed by atoms with Gasteiger partial charge in [0.15, 0.2) is 11.9 Å². The van der Waals surface area contributed by atoms with Crippen LogP contribution in [0.4, 0.5) is 5.69 Å². The highest BCUT2D eigenvalue weighted by Crippen LogP contribution is 2.11. The number of aryl methyl sites for hydroxylation is 1. The highest BCUT2D eigenvalue weighted by Gasteiger charge is 2.28. The first kappa shape index (κ1) is 21.8. The molecule has 0 bridgehead atoms. The summed E-state index contributed by atoms with van der Waals surface area (Å²) in [6.45, 7) is 3.43. The highest BCUT2D eigenvalue weighted by molar-refractivity contribution is 5.97. The average Bonchev–Trinajstić information content (AvgIpc) is 3.30. The maximum absolute atomic E-state index is 12.8. The van der Waals surface area contributed by atoms with Gasteiger partial charge in [-0.2, -0.15) is 0 Å². The van der Waals surface area contributed by atoms with Crippen molar-refractivity contribution in [3.8, 4) is 0 Å². The summed E-state index contributed by atoms with van der Waals surface area (Å²) in [5.41, 5.74) is 2.50. The van der Waals surface area contributed by atoms with Crippen LogP contribution in [0.25, 0.3) is 0 Å². The highest BCUT2D eigenvalue weighted by atomic mass is 16.5. The van der Waals surface area contributed by atoms with E-state index in [1.54, 1.807) is 18.2 Å². The zero-order chi connectivity index (χ0) is 22.2. The van der Waals surface area contributed by atoms with Gasteiger partial charge in [-0.05, 0) is 43.7 Å². The average molecular weight is 420 g/mol. The Morgan fingerprint density at radius 2 is 1.68 bits per heavy atom. The first-order valence-corrected chi connectivity index (χ1v) is 9.88. The zero-order valence-electron chi connectivity index (χ0n) is 17.3. The van der Waals surface area contributed by atoms with Crippen molar-refractivity contribution in [1.29, 1.82) is 0 Å². The Hall–Kier alpha value is -3.87. The van der Waals surface area contributed by atoms with Crippen LogP contribution in [0.15, 0.2) is 77.4 Å². The third kappa shape index (κ3) is 6.30. The minimum atomic E-state index is -1.05. The van der Waals surface area contributed by atoms with Crippen LogP contribution in [0.2, 0.25) is 0 Å². The number of carbonyl (C=O) groups is 3. The maximum atomic E-state index is 12.8. The zero-order valence-corrected chi connectivity index (χ0v) is 17.3. The molecule has 2 aromatic carbocycles. The Bertz CT molecular complexity index is 1010. The number of esters is 1. The molecule has 0 saturated carbocycles. The molecule has 0 spiro atoms. The van der Waals surface area contributed by atoms with E-state index in [2.05, 4.69) is 10.6 Å². The molecule has 2 amide bonds. The van der Waals surface area contributed by atoms with E-state index in [0.717, 1.165) is 11.1 Å². The van der Waals surface area contributed by atoms with E-state index in [0.29, 0.717) is 5.69 Å². The summed E-state index contributed by atoms with van der Waals surface area (Å²) < 4.78 is 10.5. The number of anilines is 1. The van der Waals surface area contributed by atoms with Crippen molar-refractivity contribution in [1.82, 2.24) is 5.32 Å². The summed E-state index contributed by atoms with van der Waals surface area (Å²) in [5, 5.41) is 5.34. The minimum absolute atomic E-state index is 0.0797. The van der Waals surface area contributed by atoms with Crippen LogP contribution >= 0.6 is 0 Å². The van der Waals surface area contributed by atoms with Gasteiger partial charge in [0.1, 0.15) is 6.04 Å². The van der Waals surface area contributed by atoms with Crippen molar-refractivity contribution >= 4 is 23.5 Å². The number of ether oxygens (including phenoxy) is 1. The van der Waals surface area contributed by atoms with E-state index in [4.69, 9.17) is 9.15 Å². The number of nitrogens with one attached hydrogen (secondary N) is 2. The van der Waals surface area contributed by atoms with E-state index in [1.807, 2.05) is 49.4 Å². The number of rotatable bonds is 8. The van der Waals surface area contributed by atoms with Crippen molar-refractivity contribution in [3.05, 3.63) is 89.9 Å². The fraction of sp³-hybridized carbons (Fsp3) is 0.208. The minimum Gasteiger partial charge on any atom is -0.459 e. The molecule has 31 heavy (non-hydrogen) atoms. The molecule has 2 atom stereocenters. The van der Waals surface area contributed by atoms with E-state index in [1.165, 1.54) is 19.3 Å². The maximum Gasteiger partial charge on any atom is 0.329 e. The molecule has 0 aliphatic heterocycles. The van der Waals surface area contributed by atoms with E-state index >= 15 is 0 Å². The molecule has 3 aromatic rings. The standard InChI is InChI=1S/C24H24N2O5/c1-16-10-12-19(13-11-16)25-22(27)17(2)31-24(29)20(15-18-7-4-3-5-8-18)26-23(28)21-9-6-14-30-21/h3-14,17,20H,15H2,1-2H3,(H,25,27)(H,26,28)/t17-,20-/m0/s1. The topological polar surface area (TPSA) is 97.6 Å². The van der Waals surface area contributed by atoms with Crippen molar-refractivity contribution in [3.63, 3.8) is 0 Å². The van der Waals surface area contributed by atoms with Gasteiger partial charge in [0.05, 0.1) is 6.26 Å². The third-order valence-corrected chi connectivity index (χ3v) is 4.60. The Morgan fingerprint density at radius 1 is 0.968 bits per heavy atom. The molecule has 3 rings (SSSR count). The van der Waals surface area contributed by atoms with Crippen LogP contribution in [0, 0.1) is 6.92 Å². The number of benzene rings is 2. The molecule has 0 saturated heterocycles. The molecule has 0 fully saturated rings. The van der Waals surface area contributed by atoms with Gasteiger partial charge in [-0.15, -0.1) is 0 Å². The second-order valence-electron chi connectivity index (χ2n) is 7.13. The first-order valence-electron chi connectivity index (χ1n) is 9.88. The third-order valence-electron chi connectivity index (χ3n) is 4.60. The number of amides is 2. The van der Waals surface area contributed by atoms with Gasteiger partial charge in [-0.25, -0.2) is 4.79 Å². The molecule has 0 aliphatic carbocycles. The molecule has 2 N–H and O–H groups in total. The summed E-state index contributed by atoms with van der Waals surface area (Å²) in [5.74, 6) is -1.64. The van der Waals surface area contributed by atoms with Crippen LogP contribution in [-0.2, 0) is 20.7 Å². The van der Waals surface area contributed by atoms with Gasteiger partial charge in [-0.3, -0.25) is 9.59 Å². The van der Waals surface area contributed by atoms with Crippen molar-refractivity contribution in [2.24, 2.45) is 0 Å². The van der Waals surface area contributed by atoms with Crippen molar-refractivity contribution < 1.29 is 23.5 Å². The van der Waals surface area contributed by atoms with Gasteiger partial charge in [0, 0.05) is 12.1 Å². The summed E-state index contributed by atoms with van der Waals surface area (Å²) in [6, 6.07) is 18.6. The van der Waals surface area contributed by atoms with Gasteiger partial charge in [0.2, 0.25) is 0 Å². The Kier molecular flexibility index (Phi) is 7.22. The SMILES string of the molecule is Cc1ccc(NC(=O)[C@H](C)OC(=O)[C@H](Cc2ccccc2)NC(=O)c2ccco2)cc1. The number of furan rings is 1. The van der Waals surface area contributed by atoms with Gasteiger partial charge in [0.25, 0.3) is 11.8 Å². The number of hydrogen-bond acceptors (Lipinski definition) is 5. The summed E-state index contributed by atoms with van der Waals surface area (Å²) in [7, 11) is 0. The first-order chi connectivity index (χ1) is 14.9. The molecule has 7 nitrogen and oxygen atoms in total. The molecular weight excluding hydrogens is 396 g/mol. The van der Waals surface area contributed by atoms with Crippen molar-refractivity contribution in [2.75, 3.05) is 5.32 Å². The fourth-order valence-electron chi connectivity index (χ4n) is 2.87. The van der Waals surface area contributed by atoms with E-state index < -0.39 is 29.9 Å². The monoisotopic (exact) mass is 420 g/mol. The smallest absolute Gasteiger partial charge is 0.329 e. The predicted octanol–water partition coefficient (Wildman–Crippen LogP) is 3.50. The number of hydrogen-bond donors (Lipinski definition) is 2. The van der Waals surface area contributed by atoms with E-state index in [-0.39, 0.29) is 12.2 Å². The van der Waals surface area contributed by atoms with E-state index in [9.17, 15) is 14.4 Å². The van der Waals surface area contributed by atoms with Crippen LogP contribution in [0.5, 0.6) is 0 Å². The van der Waals surface area contributed by atoms with Crippen LogP contribution < -0.4 is 10.6 Å². The molecule has 1 aromatic heterocycles. The normalized spacial score (nSPS) is 12.5. The summed E-state index contributed by atoms with van der Waals surface area (Å²) in [4.78, 5) is 37.7. The van der Waals surface area contributed by atoms with Gasteiger partial charge in [-0.1, -0.05) is 48.0 Å². The Morgan fingerprint density at radius 3 is 2.32 bits per heavy atom. The fourth-order valence-corrected chi connectivity index (χ4v) is 2.87. The Balaban J connectivity index is 1.66. The van der Waals surface area contributed by atoms with Gasteiger partial charge < -0.3 is 19.8 Å². The lowest BCUT2D eigenvalue weighted by atomic mass is 10.1. The second-order valence-corrected chi connectivity index (χ2v) is 7.13. The molecule has 1 heterocycles. The molecular formula is C24H24N2O5. The largest absolute Gasteiger partial charge is 0.459 e. The van der Waals surface area contributed by atoms with Crippen molar-refractivity contribution in [2.45, 2.75) is 32.4 Å². The lowest BCUT2D eigenvalue weighted by Crippen LogP contribution is -2.45. The molecule has 0 unspecified atom stereocenters. The Labute approximate surface area is 180 Å². The summed E-state index contributed by atoms with van der Waals surface area (Å²) >= 11 is 0. The quantitative estimate of drug-likeness (QED) is 0.544. The number of carbonyl (C=O) groups excluding carboxylic acids is 3. The van der Waals surface area contributed by atoms with Gasteiger partial charge >= 0.3 is 5.97 Å². The molecule has 0 aliphatic rings. The lowest BCUT2D eigenvalue weighted by molar-refractivity contribution is -0.155. The predicted molar refractivity (Wildman–Crippen MR) is 115 cm³/mol. The van der Waals surface area contributed by atoms with Crippen LogP contribution in [0.3, 0.4) is 0 Å². The lowest BCUT2D eigenvalue weighted by Gasteiger charge is -2.20. The second kappa shape index (κ2) is 10.2. The molecule has 160 valence electrons. The van der Waals surface area contributed by atoms with Crippen LogP contribution in [-0.4, -0.2) is 29.9 Å². The summed E-state index contributed by atoms with van der Waals surface area (Å²) in [6.07, 6.45) is 0.530.